The Labute approximate surface area is 121 Å². The van der Waals surface area contributed by atoms with E-state index < -0.39 is 11.8 Å². The first kappa shape index (κ1) is 14.9. The minimum absolute atomic E-state index is 0.0386. The number of benzene rings is 1. The number of hydrogen-bond donors (Lipinski definition) is 1. The summed E-state index contributed by atoms with van der Waals surface area (Å²) < 4.78 is 18.6. The minimum Gasteiger partial charge on any atom is -0.478 e. The number of ether oxygens (including phenoxy) is 1. The molecule has 0 amide bonds. The smallest absolute Gasteiger partial charge is 0.339 e. The fraction of sp³-hybridized carbons (Fsp3) is 0.267. The maximum atomic E-state index is 13.1. The fourth-order valence-corrected chi connectivity index (χ4v) is 1.74. The van der Waals surface area contributed by atoms with Gasteiger partial charge in [-0.1, -0.05) is 13.8 Å². The van der Waals surface area contributed by atoms with Crippen molar-refractivity contribution >= 4 is 5.97 Å². The second kappa shape index (κ2) is 5.87. The van der Waals surface area contributed by atoms with Crippen LogP contribution in [0.1, 0.15) is 41.6 Å². The van der Waals surface area contributed by atoms with Gasteiger partial charge in [-0.05, 0) is 25.1 Å². The molecule has 1 aromatic heterocycles. The molecule has 1 aromatic carbocycles. The normalized spacial score (nSPS) is 10.7. The summed E-state index contributed by atoms with van der Waals surface area (Å²) >= 11 is 0. The van der Waals surface area contributed by atoms with E-state index in [0.29, 0.717) is 11.5 Å². The van der Waals surface area contributed by atoms with Crippen LogP contribution in [-0.4, -0.2) is 21.0 Å². The molecule has 1 heterocycles. The number of halogens is 1. The van der Waals surface area contributed by atoms with Gasteiger partial charge in [-0.25, -0.2) is 14.2 Å². The zero-order valence-corrected chi connectivity index (χ0v) is 11.9. The SMILES string of the molecule is Cc1cc(Oc2ccc(F)cc2C(=O)O)nc(C(C)C)n1. The maximum absolute atomic E-state index is 13.1. The Morgan fingerprint density at radius 1 is 1.29 bits per heavy atom. The van der Waals surface area contributed by atoms with Crippen molar-refractivity contribution < 1.29 is 19.0 Å². The largest absolute Gasteiger partial charge is 0.478 e. The van der Waals surface area contributed by atoms with Gasteiger partial charge < -0.3 is 9.84 Å². The van der Waals surface area contributed by atoms with Crippen molar-refractivity contribution in [2.24, 2.45) is 0 Å². The molecule has 0 bridgehead atoms. The van der Waals surface area contributed by atoms with Gasteiger partial charge in [0.2, 0.25) is 5.88 Å². The van der Waals surface area contributed by atoms with Gasteiger partial charge in [0.25, 0.3) is 0 Å². The lowest BCUT2D eigenvalue weighted by atomic mass is 10.2. The van der Waals surface area contributed by atoms with Crippen LogP contribution in [-0.2, 0) is 0 Å². The number of aromatic carboxylic acids is 1. The monoisotopic (exact) mass is 290 g/mol. The molecule has 5 nitrogen and oxygen atoms in total. The predicted octanol–water partition coefficient (Wildman–Crippen LogP) is 3.54. The standard InChI is InChI=1S/C15H15FN2O3/c1-8(2)14-17-9(3)6-13(18-14)21-12-5-4-10(16)7-11(12)15(19)20/h4-8H,1-3H3,(H,19,20). The number of nitrogens with zero attached hydrogens (tertiary/aromatic N) is 2. The van der Waals surface area contributed by atoms with Crippen molar-refractivity contribution in [1.29, 1.82) is 0 Å². The topological polar surface area (TPSA) is 72.3 Å². The summed E-state index contributed by atoms with van der Waals surface area (Å²) in [5, 5.41) is 9.09. The Hall–Kier alpha value is -2.50. The molecule has 0 saturated heterocycles. The lowest BCUT2D eigenvalue weighted by Gasteiger charge is -2.11. The molecule has 1 N–H and O–H groups in total. The van der Waals surface area contributed by atoms with Gasteiger partial charge in [-0.2, -0.15) is 4.98 Å². The summed E-state index contributed by atoms with van der Waals surface area (Å²) in [6, 6.07) is 4.92. The highest BCUT2D eigenvalue weighted by molar-refractivity contribution is 5.90. The van der Waals surface area contributed by atoms with Gasteiger partial charge in [0.05, 0.1) is 0 Å². The third kappa shape index (κ3) is 3.53. The molecular weight excluding hydrogens is 275 g/mol. The number of rotatable bonds is 4. The number of aryl methyl sites for hydroxylation is 1. The third-order valence-corrected chi connectivity index (χ3v) is 2.75. The van der Waals surface area contributed by atoms with E-state index >= 15 is 0 Å². The van der Waals surface area contributed by atoms with Crippen molar-refractivity contribution in [3.8, 4) is 11.6 Å². The Morgan fingerprint density at radius 2 is 2.00 bits per heavy atom. The first-order valence-electron chi connectivity index (χ1n) is 6.43. The first-order chi connectivity index (χ1) is 9.86. The fourth-order valence-electron chi connectivity index (χ4n) is 1.74. The van der Waals surface area contributed by atoms with Crippen LogP contribution >= 0.6 is 0 Å². The zero-order valence-electron chi connectivity index (χ0n) is 11.9. The van der Waals surface area contributed by atoms with Gasteiger partial charge in [-0.15, -0.1) is 0 Å². The minimum atomic E-state index is -1.26. The van der Waals surface area contributed by atoms with Crippen LogP contribution in [0, 0.1) is 12.7 Å². The Bertz CT molecular complexity index is 687. The van der Waals surface area contributed by atoms with Crippen LogP contribution in [0.2, 0.25) is 0 Å². The van der Waals surface area contributed by atoms with Crippen molar-refractivity contribution in [1.82, 2.24) is 9.97 Å². The van der Waals surface area contributed by atoms with Crippen LogP contribution in [0.4, 0.5) is 4.39 Å². The van der Waals surface area contributed by atoms with Crippen molar-refractivity contribution in [2.75, 3.05) is 0 Å². The van der Waals surface area contributed by atoms with Crippen LogP contribution in [0.3, 0.4) is 0 Å². The first-order valence-corrected chi connectivity index (χ1v) is 6.43. The van der Waals surface area contributed by atoms with Crippen molar-refractivity contribution in [2.45, 2.75) is 26.7 Å². The van der Waals surface area contributed by atoms with Gasteiger partial charge in [-0.3, -0.25) is 0 Å². The molecular formula is C15H15FN2O3. The highest BCUT2D eigenvalue weighted by atomic mass is 19.1. The molecule has 0 atom stereocenters. The van der Waals surface area contributed by atoms with E-state index in [4.69, 9.17) is 9.84 Å². The molecule has 21 heavy (non-hydrogen) atoms. The summed E-state index contributed by atoms with van der Waals surface area (Å²) in [6.07, 6.45) is 0. The molecule has 0 spiro atoms. The predicted molar refractivity (Wildman–Crippen MR) is 74.3 cm³/mol. The van der Waals surface area contributed by atoms with E-state index in [9.17, 15) is 9.18 Å². The van der Waals surface area contributed by atoms with E-state index in [1.165, 1.54) is 6.07 Å². The van der Waals surface area contributed by atoms with E-state index in [0.717, 1.165) is 12.1 Å². The molecule has 0 saturated carbocycles. The summed E-state index contributed by atoms with van der Waals surface area (Å²) in [6.45, 7) is 5.68. The number of carboxylic acids is 1. The van der Waals surface area contributed by atoms with E-state index in [-0.39, 0.29) is 23.1 Å². The van der Waals surface area contributed by atoms with Gasteiger partial charge in [0.15, 0.2) is 0 Å². The number of carboxylic acid groups (broad SMARTS) is 1. The summed E-state index contributed by atoms with van der Waals surface area (Å²) in [5.74, 6) is -0.915. The van der Waals surface area contributed by atoms with Crippen LogP contribution < -0.4 is 4.74 Å². The molecule has 110 valence electrons. The van der Waals surface area contributed by atoms with Crippen LogP contribution in [0.5, 0.6) is 11.6 Å². The third-order valence-electron chi connectivity index (χ3n) is 2.75. The van der Waals surface area contributed by atoms with E-state index in [1.807, 2.05) is 13.8 Å². The molecule has 0 radical (unpaired) electrons. The average Bonchev–Trinajstić information content (AvgIpc) is 2.40. The van der Waals surface area contributed by atoms with Gasteiger partial charge in [0, 0.05) is 17.7 Å². The average molecular weight is 290 g/mol. The molecule has 0 unspecified atom stereocenters. The van der Waals surface area contributed by atoms with Crippen molar-refractivity contribution in [3.05, 3.63) is 47.2 Å². The lowest BCUT2D eigenvalue weighted by Crippen LogP contribution is -2.04. The molecule has 0 aliphatic rings. The quantitative estimate of drug-likeness (QED) is 0.932. The highest BCUT2D eigenvalue weighted by Gasteiger charge is 2.15. The Kier molecular flexibility index (Phi) is 4.16. The van der Waals surface area contributed by atoms with Crippen molar-refractivity contribution in [3.63, 3.8) is 0 Å². The van der Waals surface area contributed by atoms with E-state index in [2.05, 4.69) is 9.97 Å². The molecule has 0 aliphatic heterocycles. The van der Waals surface area contributed by atoms with Crippen LogP contribution in [0.15, 0.2) is 24.3 Å². The Morgan fingerprint density at radius 3 is 2.62 bits per heavy atom. The summed E-state index contributed by atoms with van der Waals surface area (Å²) in [4.78, 5) is 19.6. The lowest BCUT2D eigenvalue weighted by molar-refractivity contribution is 0.0693. The summed E-state index contributed by atoms with van der Waals surface area (Å²) in [5.41, 5.74) is 0.458. The van der Waals surface area contributed by atoms with E-state index in [1.54, 1.807) is 13.0 Å². The highest BCUT2D eigenvalue weighted by Crippen LogP contribution is 2.26. The maximum Gasteiger partial charge on any atom is 0.339 e. The number of hydrogen-bond acceptors (Lipinski definition) is 4. The van der Waals surface area contributed by atoms with Gasteiger partial charge in [0.1, 0.15) is 23.0 Å². The molecule has 0 aliphatic carbocycles. The second-order valence-corrected chi connectivity index (χ2v) is 4.91. The zero-order chi connectivity index (χ0) is 15.6. The summed E-state index contributed by atoms with van der Waals surface area (Å²) in [7, 11) is 0. The molecule has 0 fully saturated rings. The molecule has 2 aromatic rings. The number of aromatic nitrogens is 2. The Balaban J connectivity index is 2.41. The molecule has 2 rings (SSSR count). The second-order valence-electron chi connectivity index (χ2n) is 4.91. The molecule has 6 heteroatoms. The number of carbonyl (C=O) groups is 1. The van der Waals surface area contributed by atoms with Crippen LogP contribution in [0.25, 0.3) is 0 Å². The van der Waals surface area contributed by atoms with Gasteiger partial charge >= 0.3 is 5.97 Å².